The van der Waals surface area contributed by atoms with E-state index in [1.165, 1.54) is 54.1 Å². The minimum absolute atomic E-state index is 0.124. The minimum Gasteiger partial charge on any atom is -0.455 e. The van der Waals surface area contributed by atoms with E-state index in [0.29, 0.717) is 0 Å². The lowest BCUT2D eigenvalue weighted by atomic mass is 9.82. The first kappa shape index (κ1) is 39.6. The maximum atomic E-state index is 6.47. The Labute approximate surface area is 387 Å². The SMILES string of the molecule is CC1(C)c2ccccc2-c2ccc(N(c3ccc(-c4ccc([Si](c5ccccc5)(c5ccccc5)c5ccccc5)cc4)cc3)c3ccc(-c4cccc5c4oc4ccccc45)cc3)cc21. The highest BCUT2D eigenvalue weighted by molar-refractivity contribution is 7.19. The maximum Gasteiger partial charge on any atom is 0.179 e. The first-order chi connectivity index (χ1) is 32.5. The quantitative estimate of drug-likeness (QED) is 0.106. The fourth-order valence-electron chi connectivity index (χ4n) is 10.8. The van der Waals surface area contributed by atoms with E-state index in [9.17, 15) is 0 Å². The molecule has 0 amide bonds. The highest BCUT2D eigenvalue weighted by Crippen LogP contribution is 2.51. The van der Waals surface area contributed by atoms with Gasteiger partial charge in [0.05, 0.1) is 0 Å². The summed E-state index contributed by atoms with van der Waals surface area (Å²) < 4.78 is 6.47. The molecule has 10 aromatic carbocycles. The molecule has 0 fully saturated rings. The van der Waals surface area contributed by atoms with E-state index in [2.05, 4.69) is 255 Å². The van der Waals surface area contributed by atoms with Gasteiger partial charge in [-0.3, -0.25) is 0 Å². The molecule has 11 aromatic rings. The first-order valence-corrected chi connectivity index (χ1v) is 24.9. The summed E-state index contributed by atoms with van der Waals surface area (Å²) in [4.78, 5) is 2.40. The number of rotatable bonds is 9. The standard InChI is InChI=1S/C63H47NOSi/c1-63(2)59-27-14-12-23-55(59)56-42-39-49(43-60(56)63)64(48-37-31-46(32-38-48)54-25-16-26-58-57-24-13-15-28-61(57)65-62(54)58)47-35-29-44(30-36-47)45-33-40-53(41-34-45)66(50-17-6-3-7-18-50,51-19-8-4-9-20-51)52-21-10-5-11-22-52/h3-43H,1-2H3. The highest BCUT2D eigenvalue weighted by atomic mass is 28.3. The topological polar surface area (TPSA) is 16.4 Å². The molecule has 0 saturated carbocycles. The van der Waals surface area contributed by atoms with E-state index in [1.807, 2.05) is 12.1 Å². The van der Waals surface area contributed by atoms with E-state index in [0.717, 1.165) is 50.1 Å². The fraction of sp³-hybridized carbons (Fsp3) is 0.0476. The second-order valence-corrected chi connectivity index (χ2v) is 21.8. The van der Waals surface area contributed by atoms with Gasteiger partial charge in [-0.2, -0.15) is 0 Å². The highest BCUT2D eigenvalue weighted by Gasteiger charge is 2.41. The Hall–Kier alpha value is -7.98. The van der Waals surface area contributed by atoms with Crippen molar-refractivity contribution >= 4 is 67.8 Å². The third-order valence-corrected chi connectivity index (χ3v) is 18.9. The number of para-hydroxylation sites is 2. The molecular weight excluding hydrogens is 815 g/mol. The molecule has 0 spiro atoms. The van der Waals surface area contributed by atoms with E-state index >= 15 is 0 Å². The first-order valence-electron chi connectivity index (χ1n) is 22.9. The van der Waals surface area contributed by atoms with Crippen molar-refractivity contribution in [2.75, 3.05) is 4.90 Å². The molecule has 1 aliphatic carbocycles. The predicted octanol–water partition coefficient (Wildman–Crippen LogP) is 14.1. The molecule has 0 radical (unpaired) electrons. The number of anilines is 3. The van der Waals surface area contributed by atoms with Crippen LogP contribution in [0.5, 0.6) is 0 Å². The van der Waals surface area contributed by atoms with Crippen LogP contribution in [0.2, 0.25) is 0 Å². The van der Waals surface area contributed by atoms with E-state index in [1.54, 1.807) is 0 Å². The monoisotopic (exact) mass is 861 g/mol. The minimum atomic E-state index is -2.62. The number of benzene rings is 10. The smallest absolute Gasteiger partial charge is 0.179 e. The molecule has 1 aliphatic rings. The van der Waals surface area contributed by atoms with Crippen molar-refractivity contribution in [3.05, 3.63) is 260 Å². The normalized spacial score (nSPS) is 12.8. The Morgan fingerprint density at radius 2 is 0.803 bits per heavy atom. The van der Waals surface area contributed by atoms with Crippen molar-refractivity contribution in [1.29, 1.82) is 0 Å². The number of furan rings is 1. The molecule has 2 nitrogen and oxygen atoms in total. The van der Waals surface area contributed by atoms with Crippen LogP contribution in [-0.2, 0) is 5.41 Å². The fourth-order valence-corrected chi connectivity index (χ4v) is 15.6. The van der Waals surface area contributed by atoms with Crippen molar-refractivity contribution in [3.63, 3.8) is 0 Å². The summed E-state index contributed by atoms with van der Waals surface area (Å²) in [7, 11) is -2.62. The van der Waals surface area contributed by atoms with Gasteiger partial charge in [0.25, 0.3) is 0 Å². The predicted molar refractivity (Wildman–Crippen MR) is 280 cm³/mol. The van der Waals surface area contributed by atoms with Gasteiger partial charge >= 0.3 is 0 Å². The Bertz CT molecular complexity index is 3420. The summed E-state index contributed by atoms with van der Waals surface area (Å²) in [6, 6.07) is 91.5. The zero-order chi connectivity index (χ0) is 44.2. The average Bonchev–Trinajstić information content (AvgIpc) is 3.88. The summed E-state index contributed by atoms with van der Waals surface area (Å²) in [5, 5.41) is 7.75. The molecule has 0 bridgehead atoms. The lowest BCUT2D eigenvalue weighted by molar-refractivity contribution is 0.660. The number of hydrogen-bond donors (Lipinski definition) is 0. The molecule has 0 unspecified atom stereocenters. The third kappa shape index (κ3) is 6.38. The largest absolute Gasteiger partial charge is 0.455 e. The zero-order valence-electron chi connectivity index (χ0n) is 37.0. The summed E-state index contributed by atoms with van der Waals surface area (Å²) in [5.74, 6) is 0. The molecule has 3 heteroatoms. The van der Waals surface area contributed by atoms with E-state index in [4.69, 9.17) is 4.42 Å². The molecule has 12 rings (SSSR count). The van der Waals surface area contributed by atoms with Crippen molar-refractivity contribution in [2.24, 2.45) is 0 Å². The second-order valence-electron chi connectivity index (χ2n) is 18.0. The van der Waals surface area contributed by atoms with Crippen molar-refractivity contribution in [2.45, 2.75) is 19.3 Å². The third-order valence-electron chi connectivity index (χ3n) is 14.1. The molecule has 66 heavy (non-hydrogen) atoms. The summed E-state index contributed by atoms with van der Waals surface area (Å²) in [5.41, 5.74) is 14.9. The van der Waals surface area contributed by atoms with Crippen LogP contribution in [0.4, 0.5) is 17.1 Å². The Balaban J connectivity index is 0.939. The van der Waals surface area contributed by atoms with Crippen LogP contribution in [0, 0.1) is 0 Å². The Morgan fingerprint density at radius 1 is 0.348 bits per heavy atom. The van der Waals surface area contributed by atoms with Gasteiger partial charge in [-0.05, 0) is 102 Å². The van der Waals surface area contributed by atoms with Gasteiger partial charge in [-0.1, -0.05) is 220 Å². The van der Waals surface area contributed by atoms with Crippen molar-refractivity contribution in [3.8, 4) is 33.4 Å². The van der Waals surface area contributed by atoms with Crippen LogP contribution in [0.25, 0.3) is 55.3 Å². The van der Waals surface area contributed by atoms with Gasteiger partial charge in [0.2, 0.25) is 0 Å². The number of nitrogens with zero attached hydrogens (tertiary/aromatic N) is 1. The Morgan fingerprint density at radius 3 is 1.42 bits per heavy atom. The Kier molecular flexibility index (Phi) is 9.55. The van der Waals surface area contributed by atoms with Crippen LogP contribution in [0.3, 0.4) is 0 Å². The summed E-state index contributed by atoms with van der Waals surface area (Å²) in [6.07, 6.45) is 0. The molecule has 1 aromatic heterocycles. The van der Waals surface area contributed by atoms with E-state index < -0.39 is 8.07 Å². The lowest BCUT2D eigenvalue weighted by Crippen LogP contribution is -2.74. The summed E-state index contributed by atoms with van der Waals surface area (Å²) >= 11 is 0. The van der Waals surface area contributed by atoms with Crippen molar-refractivity contribution in [1.82, 2.24) is 0 Å². The molecule has 0 aliphatic heterocycles. The molecule has 0 saturated heterocycles. The van der Waals surface area contributed by atoms with Crippen LogP contribution in [0.15, 0.2) is 253 Å². The number of hydrogen-bond acceptors (Lipinski definition) is 2. The van der Waals surface area contributed by atoms with Crippen LogP contribution in [0.1, 0.15) is 25.0 Å². The van der Waals surface area contributed by atoms with Crippen molar-refractivity contribution < 1.29 is 4.42 Å². The zero-order valence-corrected chi connectivity index (χ0v) is 38.0. The van der Waals surface area contributed by atoms with Gasteiger partial charge in [0, 0.05) is 38.8 Å². The van der Waals surface area contributed by atoms with Gasteiger partial charge < -0.3 is 9.32 Å². The van der Waals surface area contributed by atoms with Gasteiger partial charge in [0.1, 0.15) is 11.2 Å². The van der Waals surface area contributed by atoms with Crippen LogP contribution in [-0.4, -0.2) is 8.07 Å². The molecule has 314 valence electrons. The summed E-state index contributed by atoms with van der Waals surface area (Å²) in [6.45, 7) is 4.71. The van der Waals surface area contributed by atoms with E-state index in [-0.39, 0.29) is 5.41 Å². The second kappa shape index (κ2) is 15.9. The van der Waals surface area contributed by atoms with Crippen LogP contribution >= 0.6 is 0 Å². The molecule has 0 atom stereocenters. The van der Waals surface area contributed by atoms with Gasteiger partial charge in [-0.15, -0.1) is 0 Å². The van der Waals surface area contributed by atoms with Gasteiger partial charge in [0.15, 0.2) is 8.07 Å². The average molecular weight is 862 g/mol. The molecular formula is C63H47NOSi. The van der Waals surface area contributed by atoms with Gasteiger partial charge in [-0.25, -0.2) is 0 Å². The maximum absolute atomic E-state index is 6.47. The molecule has 1 heterocycles. The molecule has 0 N–H and O–H groups in total. The number of fused-ring (bicyclic) bond motifs is 6. The lowest BCUT2D eigenvalue weighted by Gasteiger charge is -2.34. The van der Waals surface area contributed by atoms with Crippen LogP contribution < -0.4 is 25.6 Å².